The molecule has 1 heterocycles. The molecule has 0 saturated heterocycles. The van der Waals surface area contributed by atoms with E-state index in [1.54, 1.807) is 14.2 Å². The molecule has 1 N–H and O–H groups in total. The lowest BCUT2D eigenvalue weighted by Crippen LogP contribution is -2.01. The third-order valence-electron chi connectivity index (χ3n) is 1.89. The maximum atomic E-state index is 10.8. The van der Waals surface area contributed by atoms with E-state index in [9.17, 15) is 10.1 Å². The molecule has 0 atom stereocenters. The van der Waals surface area contributed by atoms with Crippen LogP contribution in [-0.4, -0.2) is 41.4 Å². The van der Waals surface area contributed by atoms with Crippen LogP contribution < -0.4 is 5.32 Å². The summed E-state index contributed by atoms with van der Waals surface area (Å²) in [6, 6.07) is 0. The maximum Gasteiger partial charge on any atom is 0.319 e. The number of thioether (sulfide) groups is 1. The van der Waals surface area contributed by atoms with Crippen molar-refractivity contribution in [3.63, 3.8) is 0 Å². The summed E-state index contributed by atoms with van der Waals surface area (Å²) >= 11 is 1.33. The van der Waals surface area contributed by atoms with Crippen LogP contribution >= 0.6 is 11.8 Å². The molecular formula is C9H14N4O3S. The van der Waals surface area contributed by atoms with Crippen LogP contribution in [0.15, 0.2) is 11.2 Å². The maximum absolute atomic E-state index is 10.8. The molecule has 0 unspecified atom stereocenters. The summed E-state index contributed by atoms with van der Waals surface area (Å²) in [5.74, 6) is 1.10. The molecule has 0 radical (unpaired) electrons. The van der Waals surface area contributed by atoms with Gasteiger partial charge in [-0.15, -0.1) is 0 Å². The highest BCUT2D eigenvalue weighted by molar-refractivity contribution is 7.99. The van der Waals surface area contributed by atoms with Crippen LogP contribution in [0.5, 0.6) is 0 Å². The summed E-state index contributed by atoms with van der Waals surface area (Å²) < 4.78 is 4.91. The van der Waals surface area contributed by atoms with E-state index in [0.717, 1.165) is 12.2 Å². The van der Waals surface area contributed by atoms with Gasteiger partial charge in [0.2, 0.25) is 5.95 Å². The zero-order chi connectivity index (χ0) is 12.7. The van der Waals surface area contributed by atoms with Gasteiger partial charge in [-0.1, -0.05) is 11.8 Å². The molecule has 1 rings (SSSR count). The third-order valence-corrected chi connectivity index (χ3v) is 2.95. The van der Waals surface area contributed by atoms with Gasteiger partial charge < -0.3 is 10.1 Å². The van der Waals surface area contributed by atoms with Crippen LogP contribution in [0.3, 0.4) is 0 Å². The van der Waals surface area contributed by atoms with Gasteiger partial charge in [-0.2, -0.15) is 4.98 Å². The van der Waals surface area contributed by atoms with E-state index in [-0.39, 0.29) is 5.69 Å². The first-order valence-corrected chi connectivity index (χ1v) is 5.98. The van der Waals surface area contributed by atoms with E-state index in [4.69, 9.17) is 4.74 Å². The van der Waals surface area contributed by atoms with Crippen molar-refractivity contribution in [1.82, 2.24) is 9.97 Å². The standard InChI is InChI=1S/C9H14N4O3S/c1-10-9-11-6-7(13(14)15)8(12-9)17-5-3-4-16-2/h6H,3-5H2,1-2H3,(H,10,11,12). The number of hydrogen-bond donors (Lipinski definition) is 1. The Bertz CT molecular complexity index is 389. The number of nitrogens with one attached hydrogen (secondary N) is 1. The highest BCUT2D eigenvalue weighted by Crippen LogP contribution is 2.27. The summed E-state index contributed by atoms with van der Waals surface area (Å²) in [4.78, 5) is 18.2. The lowest BCUT2D eigenvalue weighted by molar-refractivity contribution is -0.388. The van der Waals surface area contributed by atoms with Crippen molar-refractivity contribution in [2.45, 2.75) is 11.4 Å². The molecule has 1 aromatic heterocycles. The van der Waals surface area contributed by atoms with Crippen molar-refractivity contribution in [1.29, 1.82) is 0 Å². The average molecular weight is 258 g/mol. The third kappa shape index (κ3) is 4.16. The van der Waals surface area contributed by atoms with Gasteiger partial charge in [0, 0.05) is 26.5 Å². The first kappa shape index (κ1) is 13.7. The molecule has 0 aliphatic carbocycles. The van der Waals surface area contributed by atoms with Crippen LogP contribution in [-0.2, 0) is 4.74 Å². The van der Waals surface area contributed by atoms with Gasteiger partial charge in [0.1, 0.15) is 6.20 Å². The number of aromatic nitrogens is 2. The van der Waals surface area contributed by atoms with Crippen LogP contribution in [0, 0.1) is 10.1 Å². The van der Waals surface area contributed by atoms with Crippen molar-refractivity contribution in [2.24, 2.45) is 0 Å². The largest absolute Gasteiger partial charge is 0.385 e. The normalized spacial score (nSPS) is 10.2. The summed E-state index contributed by atoms with van der Waals surface area (Å²) in [6.45, 7) is 0.630. The average Bonchev–Trinajstić information content (AvgIpc) is 2.34. The van der Waals surface area contributed by atoms with Crippen molar-refractivity contribution >= 4 is 23.4 Å². The second-order valence-electron chi connectivity index (χ2n) is 3.09. The summed E-state index contributed by atoms with van der Waals surface area (Å²) in [6.07, 6.45) is 2.04. The number of nitrogens with zero attached hydrogens (tertiary/aromatic N) is 3. The van der Waals surface area contributed by atoms with Crippen molar-refractivity contribution in [2.75, 3.05) is 31.8 Å². The molecule has 0 aromatic carbocycles. The predicted molar refractivity (Wildman–Crippen MR) is 65.5 cm³/mol. The number of rotatable bonds is 7. The highest BCUT2D eigenvalue weighted by Gasteiger charge is 2.17. The number of anilines is 1. The monoisotopic (exact) mass is 258 g/mol. The Morgan fingerprint density at radius 3 is 3.00 bits per heavy atom. The Morgan fingerprint density at radius 2 is 2.41 bits per heavy atom. The van der Waals surface area contributed by atoms with E-state index in [0.29, 0.717) is 17.6 Å². The number of hydrogen-bond acceptors (Lipinski definition) is 7. The fourth-order valence-electron chi connectivity index (χ4n) is 1.08. The van der Waals surface area contributed by atoms with Crippen molar-refractivity contribution in [3.8, 4) is 0 Å². The van der Waals surface area contributed by atoms with Gasteiger partial charge in [0.25, 0.3) is 0 Å². The quantitative estimate of drug-likeness (QED) is 0.261. The molecule has 0 amide bonds. The Balaban J connectivity index is 2.75. The molecule has 8 heteroatoms. The first-order chi connectivity index (χ1) is 8.19. The van der Waals surface area contributed by atoms with E-state index >= 15 is 0 Å². The molecule has 0 saturated carbocycles. The molecule has 94 valence electrons. The van der Waals surface area contributed by atoms with Crippen LogP contribution in [0.2, 0.25) is 0 Å². The predicted octanol–water partition coefficient (Wildman–Crippen LogP) is 1.56. The van der Waals surface area contributed by atoms with Gasteiger partial charge in [0.15, 0.2) is 5.03 Å². The van der Waals surface area contributed by atoms with Gasteiger partial charge in [0.05, 0.1) is 4.92 Å². The van der Waals surface area contributed by atoms with Crippen molar-refractivity contribution < 1.29 is 9.66 Å². The second-order valence-corrected chi connectivity index (χ2v) is 4.17. The Hall–Kier alpha value is -1.41. The lowest BCUT2D eigenvalue weighted by Gasteiger charge is -2.03. The molecule has 17 heavy (non-hydrogen) atoms. The Kier molecular flexibility index (Phi) is 5.64. The SMILES string of the molecule is CNc1ncc([N+](=O)[O-])c(SCCCOC)n1. The van der Waals surface area contributed by atoms with Gasteiger partial charge in [-0.3, -0.25) is 10.1 Å². The number of methoxy groups -OCH3 is 1. The summed E-state index contributed by atoms with van der Waals surface area (Å²) in [7, 11) is 3.29. The Labute approximate surface area is 103 Å². The van der Waals surface area contributed by atoms with Crippen LogP contribution in [0.4, 0.5) is 11.6 Å². The van der Waals surface area contributed by atoms with E-state index < -0.39 is 4.92 Å². The molecule has 0 aliphatic heterocycles. The fourth-order valence-corrected chi connectivity index (χ4v) is 1.97. The lowest BCUT2D eigenvalue weighted by atomic mass is 10.5. The van der Waals surface area contributed by atoms with Crippen LogP contribution in [0.1, 0.15) is 6.42 Å². The zero-order valence-electron chi connectivity index (χ0n) is 9.67. The topological polar surface area (TPSA) is 90.2 Å². The van der Waals surface area contributed by atoms with Gasteiger partial charge >= 0.3 is 5.69 Å². The molecule has 0 spiro atoms. The van der Waals surface area contributed by atoms with E-state index in [2.05, 4.69) is 15.3 Å². The fraction of sp³-hybridized carbons (Fsp3) is 0.556. The van der Waals surface area contributed by atoms with E-state index in [1.807, 2.05) is 0 Å². The first-order valence-electron chi connectivity index (χ1n) is 5.00. The smallest absolute Gasteiger partial charge is 0.319 e. The minimum absolute atomic E-state index is 0.0635. The minimum Gasteiger partial charge on any atom is -0.385 e. The van der Waals surface area contributed by atoms with Gasteiger partial charge in [-0.25, -0.2) is 4.98 Å². The molecule has 7 nitrogen and oxygen atoms in total. The minimum atomic E-state index is -0.474. The molecular weight excluding hydrogens is 244 g/mol. The second kappa shape index (κ2) is 7.02. The molecule has 0 bridgehead atoms. The van der Waals surface area contributed by atoms with Crippen molar-refractivity contribution in [3.05, 3.63) is 16.3 Å². The van der Waals surface area contributed by atoms with Crippen LogP contribution in [0.25, 0.3) is 0 Å². The summed E-state index contributed by atoms with van der Waals surface area (Å²) in [5.41, 5.74) is -0.0635. The van der Waals surface area contributed by atoms with Gasteiger partial charge in [-0.05, 0) is 6.42 Å². The molecule has 0 aliphatic rings. The number of ether oxygens (including phenoxy) is 1. The zero-order valence-corrected chi connectivity index (χ0v) is 10.5. The summed E-state index contributed by atoms with van der Waals surface area (Å²) in [5, 5.41) is 13.9. The highest BCUT2D eigenvalue weighted by atomic mass is 32.2. The molecule has 1 aromatic rings. The van der Waals surface area contributed by atoms with E-state index in [1.165, 1.54) is 18.0 Å². The number of nitro groups is 1. The molecule has 0 fully saturated rings. The Morgan fingerprint density at radius 1 is 1.65 bits per heavy atom.